The highest BCUT2D eigenvalue weighted by atomic mass is 32.2. The van der Waals surface area contributed by atoms with Gasteiger partial charge in [-0.2, -0.15) is 23.5 Å². The third kappa shape index (κ3) is 1.92. The van der Waals surface area contributed by atoms with Gasteiger partial charge in [-0.05, 0) is 22.8 Å². The van der Waals surface area contributed by atoms with E-state index in [1.54, 1.807) is 0 Å². The van der Waals surface area contributed by atoms with Crippen LogP contribution in [0, 0.1) is 0 Å². The lowest BCUT2D eigenvalue weighted by molar-refractivity contribution is 0.104. The first kappa shape index (κ1) is 12.5. The molecule has 100 valence electrons. The van der Waals surface area contributed by atoms with Gasteiger partial charge in [0.1, 0.15) is 0 Å². The van der Waals surface area contributed by atoms with Crippen molar-refractivity contribution >= 4 is 29.3 Å². The fourth-order valence-corrected chi connectivity index (χ4v) is 5.65. The van der Waals surface area contributed by atoms with Crippen LogP contribution >= 0.6 is 23.5 Å². The Bertz CT molecular complexity index is 687. The first-order valence-corrected chi connectivity index (χ1v) is 9.02. The van der Waals surface area contributed by atoms with Crippen molar-refractivity contribution in [1.82, 2.24) is 0 Å². The molecule has 0 N–H and O–H groups in total. The van der Waals surface area contributed by atoms with Crippen LogP contribution in [0.3, 0.4) is 0 Å². The molecule has 2 aromatic rings. The Balaban J connectivity index is 1.78. The van der Waals surface area contributed by atoms with Crippen molar-refractivity contribution in [2.45, 2.75) is 5.25 Å². The number of fused-ring (bicyclic) bond motifs is 3. The summed E-state index contributed by atoms with van der Waals surface area (Å²) in [6.07, 6.45) is 0. The van der Waals surface area contributed by atoms with E-state index in [4.69, 9.17) is 0 Å². The highest BCUT2D eigenvalue weighted by molar-refractivity contribution is 8.06. The summed E-state index contributed by atoms with van der Waals surface area (Å²) < 4.78 is 0. The molecule has 1 aliphatic carbocycles. The zero-order chi connectivity index (χ0) is 13.5. The zero-order valence-electron chi connectivity index (χ0n) is 11.0. The molecule has 1 heterocycles. The number of carbonyl (C=O) groups is 1. The van der Waals surface area contributed by atoms with Crippen LogP contribution in [0.5, 0.6) is 0 Å². The summed E-state index contributed by atoms with van der Waals surface area (Å²) in [7, 11) is 0. The molecule has 3 heteroatoms. The number of ketones is 1. The summed E-state index contributed by atoms with van der Waals surface area (Å²) in [6.45, 7) is 0. The summed E-state index contributed by atoms with van der Waals surface area (Å²) in [5.74, 6) is 3.80. The molecule has 1 aliphatic heterocycles. The van der Waals surface area contributed by atoms with Crippen molar-refractivity contribution in [3.8, 4) is 11.1 Å². The van der Waals surface area contributed by atoms with E-state index in [9.17, 15) is 4.79 Å². The van der Waals surface area contributed by atoms with Gasteiger partial charge < -0.3 is 0 Å². The van der Waals surface area contributed by atoms with Crippen LogP contribution in [-0.2, 0) is 0 Å². The van der Waals surface area contributed by atoms with E-state index >= 15 is 0 Å². The summed E-state index contributed by atoms with van der Waals surface area (Å²) in [5, 5.41) is 0.538. The Labute approximate surface area is 127 Å². The predicted octanol–water partition coefficient (Wildman–Crippen LogP) is 4.42. The van der Waals surface area contributed by atoms with Crippen LogP contribution in [0.4, 0.5) is 0 Å². The first-order valence-electron chi connectivity index (χ1n) is 6.82. The van der Waals surface area contributed by atoms with E-state index in [-0.39, 0.29) is 5.78 Å². The standard InChI is InChI=1S/C17H14OS2/c18-17-14-4-2-1-3-12(14)13-6-5-11(9-15(13)17)16-10-19-7-8-20-16/h1-6,9,16H,7-8,10H2. The minimum Gasteiger partial charge on any atom is -0.289 e. The van der Waals surface area contributed by atoms with E-state index in [0.29, 0.717) is 5.25 Å². The van der Waals surface area contributed by atoms with Gasteiger partial charge in [-0.1, -0.05) is 36.4 Å². The van der Waals surface area contributed by atoms with E-state index < -0.39 is 0 Å². The number of carbonyl (C=O) groups excluding carboxylic acids is 1. The van der Waals surface area contributed by atoms with Gasteiger partial charge in [-0.3, -0.25) is 4.79 Å². The lowest BCUT2D eigenvalue weighted by Gasteiger charge is -2.21. The quantitative estimate of drug-likeness (QED) is 0.662. The van der Waals surface area contributed by atoms with Crippen molar-refractivity contribution in [3.63, 3.8) is 0 Å². The Morgan fingerprint density at radius 3 is 2.50 bits per heavy atom. The largest absolute Gasteiger partial charge is 0.289 e. The number of rotatable bonds is 1. The summed E-state index contributed by atoms with van der Waals surface area (Å²) >= 11 is 4.03. The topological polar surface area (TPSA) is 17.1 Å². The molecule has 1 fully saturated rings. The van der Waals surface area contributed by atoms with Crippen molar-refractivity contribution in [2.24, 2.45) is 0 Å². The third-order valence-electron chi connectivity index (χ3n) is 3.94. The Kier molecular flexibility index (Phi) is 3.12. The van der Waals surface area contributed by atoms with Gasteiger partial charge in [0.05, 0.1) is 0 Å². The lowest BCUT2D eigenvalue weighted by Crippen LogP contribution is -2.07. The molecular formula is C17H14OS2. The molecule has 0 bridgehead atoms. The fourth-order valence-electron chi connectivity index (χ4n) is 2.93. The molecule has 1 nitrogen and oxygen atoms in total. The number of hydrogen-bond donors (Lipinski definition) is 0. The van der Waals surface area contributed by atoms with Crippen LogP contribution in [0.2, 0.25) is 0 Å². The maximum absolute atomic E-state index is 12.5. The molecule has 0 spiro atoms. The predicted molar refractivity (Wildman–Crippen MR) is 87.8 cm³/mol. The molecule has 1 saturated heterocycles. The van der Waals surface area contributed by atoms with Gasteiger partial charge in [0.25, 0.3) is 0 Å². The molecule has 20 heavy (non-hydrogen) atoms. The van der Waals surface area contributed by atoms with E-state index in [0.717, 1.165) is 28.0 Å². The average Bonchev–Trinajstić information content (AvgIpc) is 2.81. The molecule has 0 aromatic heterocycles. The molecule has 1 unspecified atom stereocenters. The average molecular weight is 298 g/mol. The molecular weight excluding hydrogens is 284 g/mol. The minimum atomic E-state index is 0.186. The summed E-state index contributed by atoms with van der Waals surface area (Å²) in [4.78, 5) is 12.5. The Hall–Kier alpha value is -1.19. The van der Waals surface area contributed by atoms with Crippen LogP contribution in [-0.4, -0.2) is 23.0 Å². The molecule has 0 radical (unpaired) electrons. The summed E-state index contributed by atoms with van der Waals surface area (Å²) in [6, 6.07) is 14.4. The SMILES string of the molecule is O=C1c2ccccc2-c2ccc(C3CSCCS3)cc21. The van der Waals surface area contributed by atoms with E-state index in [2.05, 4.69) is 18.2 Å². The molecule has 0 amide bonds. The van der Waals surface area contributed by atoms with Crippen LogP contribution in [0.1, 0.15) is 26.7 Å². The molecule has 2 aromatic carbocycles. The first-order chi connectivity index (χ1) is 9.84. The molecule has 1 atom stereocenters. The zero-order valence-corrected chi connectivity index (χ0v) is 12.6. The number of thioether (sulfide) groups is 2. The van der Waals surface area contributed by atoms with E-state index in [1.807, 2.05) is 47.8 Å². The second kappa shape index (κ2) is 4.97. The van der Waals surface area contributed by atoms with Gasteiger partial charge >= 0.3 is 0 Å². The highest BCUT2D eigenvalue weighted by Crippen LogP contribution is 2.41. The number of hydrogen-bond acceptors (Lipinski definition) is 3. The molecule has 2 aliphatic rings. The van der Waals surface area contributed by atoms with Crippen molar-refractivity contribution < 1.29 is 4.79 Å². The number of benzene rings is 2. The van der Waals surface area contributed by atoms with Crippen LogP contribution in [0.25, 0.3) is 11.1 Å². The maximum atomic E-state index is 12.5. The third-order valence-corrected chi connectivity index (χ3v) is 6.75. The van der Waals surface area contributed by atoms with Gasteiger partial charge in [-0.25, -0.2) is 0 Å². The highest BCUT2D eigenvalue weighted by Gasteiger charge is 2.27. The lowest BCUT2D eigenvalue weighted by atomic mass is 10.0. The van der Waals surface area contributed by atoms with Gasteiger partial charge in [0.2, 0.25) is 0 Å². The van der Waals surface area contributed by atoms with Crippen molar-refractivity contribution in [2.75, 3.05) is 17.3 Å². The monoisotopic (exact) mass is 298 g/mol. The van der Waals surface area contributed by atoms with Gasteiger partial charge in [-0.15, -0.1) is 0 Å². The Morgan fingerprint density at radius 2 is 1.70 bits per heavy atom. The Morgan fingerprint density at radius 1 is 0.900 bits per heavy atom. The smallest absolute Gasteiger partial charge is 0.194 e. The second-order valence-corrected chi connectivity index (χ2v) is 7.57. The van der Waals surface area contributed by atoms with Gasteiger partial charge in [0.15, 0.2) is 5.78 Å². The summed E-state index contributed by atoms with van der Waals surface area (Å²) in [5.41, 5.74) is 5.24. The van der Waals surface area contributed by atoms with E-state index in [1.165, 1.54) is 17.1 Å². The van der Waals surface area contributed by atoms with Crippen LogP contribution in [0.15, 0.2) is 42.5 Å². The van der Waals surface area contributed by atoms with Crippen molar-refractivity contribution in [1.29, 1.82) is 0 Å². The van der Waals surface area contributed by atoms with Gasteiger partial charge in [0, 0.05) is 33.6 Å². The maximum Gasteiger partial charge on any atom is 0.194 e. The normalized spacial score (nSPS) is 20.6. The second-order valence-electron chi connectivity index (χ2n) is 5.11. The molecule has 0 saturated carbocycles. The fraction of sp³-hybridized carbons (Fsp3) is 0.235. The van der Waals surface area contributed by atoms with Crippen molar-refractivity contribution in [3.05, 3.63) is 59.2 Å². The minimum absolute atomic E-state index is 0.186. The van der Waals surface area contributed by atoms with Crippen LogP contribution < -0.4 is 0 Å². The molecule has 4 rings (SSSR count).